The van der Waals surface area contributed by atoms with E-state index in [0.717, 1.165) is 5.56 Å². The van der Waals surface area contributed by atoms with E-state index in [1.807, 2.05) is 51.1 Å². The van der Waals surface area contributed by atoms with Crippen molar-refractivity contribution < 1.29 is 24.2 Å². The van der Waals surface area contributed by atoms with E-state index in [4.69, 9.17) is 14.6 Å². The van der Waals surface area contributed by atoms with Gasteiger partial charge in [0.15, 0.2) is 6.29 Å². The van der Waals surface area contributed by atoms with E-state index in [1.165, 1.54) is 0 Å². The normalized spacial score (nSPS) is 12.2. The summed E-state index contributed by atoms with van der Waals surface area (Å²) in [6, 6.07) is 9.25. The van der Waals surface area contributed by atoms with Gasteiger partial charge in [0.25, 0.3) is 0 Å². The van der Waals surface area contributed by atoms with Crippen LogP contribution in [0.15, 0.2) is 30.3 Å². The Morgan fingerprint density at radius 3 is 2.17 bits per heavy atom. The van der Waals surface area contributed by atoms with Gasteiger partial charge in [-0.15, -0.1) is 0 Å². The highest BCUT2D eigenvalue weighted by Crippen LogP contribution is 2.16. The molecule has 0 radical (unpaired) electrons. The average molecular weight is 337 g/mol. The monoisotopic (exact) mass is 337 g/mol. The van der Waals surface area contributed by atoms with Gasteiger partial charge in [-0.1, -0.05) is 30.3 Å². The summed E-state index contributed by atoms with van der Waals surface area (Å²) < 4.78 is 11.2. The molecule has 1 aromatic rings. The van der Waals surface area contributed by atoms with Crippen molar-refractivity contribution in [2.24, 2.45) is 0 Å². The minimum Gasteiger partial charge on any atom is -0.481 e. The molecule has 0 heterocycles. The van der Waals surface area contributed by atoms with Crippen molar-refractivity contribution in [1.82, 2.24) is 4.90 Å². The van der Waals surface area contributed by atoms with Crippen molar-refractivity contribution in [1.29, 1.82) is 0 Å². The summed E-state index contributed by atoms with van der Waals surface area (Å²) in [5, 5.41) is 8.83. The van der Waals surface area contributed by atoms with Gasteiger partial charge in [-0.05, 0) is 26.3 Å². The molecule has 6 heteroatoms. The summed E-state index contributed by atoms with van der Waals surface area (Å²) in [6.45, 7) is 6.92. The number of aliphatic carboxylic acids is 1. The van der Waals surface area contributed by atoms with Crippen LogP contribution in [-0.4, -0.2) is 47.4 Å². The van der Waals surface area contributed by atoms with Crippen molar-refractivity contribution in [2.75, 3.05) is 13.2 Å². The van der Waals surface area contributed by atoms with Crippen LogP contribution in [-0.2, 0) is 25.6 Å². The molecule has 1 aromatic carbocycles. The first kappa shape index (κ1) is 20.1. The third-order valence-corrected chi connectivity index (χ3v) is 3.62. The second kappa shape index (κ2) is 10.8. The lowest BCUT2D eigenvalue weighted by atomic mass is 10.1. The van der Waals surface area contributed by atoms with Crippen molar-refractivity contribution in [3.63, 3.8) is 0 Å². The Kier molecular flexibility index (Phi) is 9.04. The Balaban J connectivity index is 2.92. The Bertz CT molecular complexity index is 499. The number of carboxylic acids is 1. The van der Waals surface area contributed by atoms with Crippen LogP contribution in [0.1, 0.15) is 39.2 Å². The number of hydrogen-bond acceptors (Lipinski definition) is 4. The van der Waals surface area contributed by atoms with Gasteiger partial charge in [0.1, 0.15) is 0 Å². The van der Waals surface area contributed by atoms with E-state index < -0.39 is 12.3 Å². The van der Waals surface area contributed by atoms with Gasteiger partial charge in [0.05, 0.1) is 12.5 Å². The van der Waals surface area contributed by atoms with Gasteiger partial charge in [-0.25, -0.2) is 0 Å². The summed E-state index contributed by atoms with van der Waals surface area (Å²) >= 11 is 0. The van der Waals surface area contributed by atoms with E-state index in [1.54, 1.807) is 4.90 Å². The second-order valence-corrected chi connectivity index (χ2v) is 5.42. The van der Waals surface area contributed by atoms with Crippen LogP contribution in [0.2, 0.25) is 0 Å². The predicted octanol–water partition coefficient (Wildman–Crippen LogP) is 2.67. The molecule has 1 N–H and O–H groups in total. The smallest absolute Gasteiger partial charge is 0.303 e. The van der Waals surface area contributed by atoms with Gasteiger partial charge in [-0.3, -0.25) is 9.59 Å². The lowest BCUT2D eigenvalue weighted by Gasteiger charge is -2.34. The fraction of sp³-hybridized carbons (Fsp3) is 0.556. The molecule has 0 aliphatic heterocycles. The molecule has 0 saturated heterocycles. The summed E-state index contributed by atoms with van der Waals surface area (Å²) in [7, 11) is 0. The highest BCUT2D eigenvalue weighted by molar-refractivity contribution is 5.81. The highest BCUT2D eigenvalue weighted by atomic mass is 16.7. The molecular formula is C18H27NO5. The molecule has 0 bridgehead atoms. The van der Waals surface area contributed by atoms with Crippen LogP contribution in [0.3, 0.4) is 0 Å². The third-order valence-electron chi connectivity index (χ3n) is 3.62. The molecule has 0 unspecified atom stereocenters. The molecule has 0 aliphatic rings. The van der Waals surface area contributed by atoms with Crippen LogP contribution in [0.5, 0.6) is 0 Å². The first-order valence-electron chi connectivity index (χ1n) is 8.27. The maximum Gasteiger partial charge on any atom is 0.303 e. The van der Waals surface area contributed by atoms with Crippen molar-refractivity contribution in [3.05, 3.63) is 35.9 Å². The first-order chi connectivity index (χ1) is 11.5. The van der Waals surface area contributed by atoms with Crippen molar-refractivity contribution >= 4 is 11.9 Å². The highest BCUT2D eigenvalue weighted by Gasteiger charge is 2.28. The SMILES string of the molecule is CCOC(OCC)[C@H](C)N(Cc1ccccc1)C(=O)CCC(=O)O. The first-order valence-corrected chi connectivity index (χ1v) is 8.27. The van der Waals surface area contributed by atoms with Gasteiger partial charge < -0.3 is 19.5 Å². The fourth-order valence-corrected chi connectivity index (χ4v) is 2.40. The van der Waals surface area contributed by atoms with Crippen LogP contribution < -0.4 is 0 Å². The Labute approximate surface area is 143 Å². The summed E-state index contributed by atoms with van der Waals surface area (Å²) in [5.74, 6) is -1.21. The predicted molar refractivity (Wildman–Crippen MR) is 90.4 cm³/mol. The fourth-order valence-electron chi connectivity index (χ4n) is 2.40. The number of carbonyl (C=O) groups excluding carboxylic acids is 1. The minimum atomic E-state index is -0.984. The Hall–Kier alpha value is -1.92. The van der Waals surface area contributed by atoms with Crippen LogP contribution in [0.25, 0.3) is 0 Å². The number of nitrogens with zero attached hydrogens (tertiary/aromatic N) is 1. The number of carbonyl (C=O) groups is 2. The molecule has 0 fully saturated rings. The molecule has 1 rings (SSSR count). The summed E-state index contributed by atoms with van der Waals surface area (Å²) in [4.78, 5) is 25.0. The maximum absolute atomic E-state index is 12.6. The molecule has 134 valence electrons. The molecule has 24 heavy (non-hydrogen) atoms. The van der Waals surface area contributed by atoms with Gasteiger partial charge >= 0.3 is 5.97 Å². The number of rotatable bonds is 11. The zero-order valence-electron chi connectivity index (χ0n) is 14.6. The third kappa shape index (κ3) is 6.68. The Morgan fingerprint density at radius 2 is 1.67 bits per heavy atom. The van der Waals surface area contributed by atoms with E-state index in [0.29, 0.717) is 19.8 Å². The van der Waals surface area contributed by atoms with Crippen molar-refractivity contribution in [2.45, 2.75) is 52.5 Å². The maximum atomic E-state index is 12.6. The lowest BCUT2D eigenvalue weighted by Crippen LogP contribution is -2.47. The standard InChI is InChI=1S/C18H27NO5/c1-4-23-18(24-5-2)14(3)19(16(20)11-12-17(21)22)13-15-9-7-6-8-10-15/h6-10,14,18H,4-5,11-13H2,1-3H3,(H,21,22)/t14-/m0/s1. The topological polar surface area (TPSA) is 76.1 Å². The molecule has 1 amide bonds. The van der Waals surface area contributed by atoms with Crippen LogP contribution >= 0.6 is 0 Å². The largest absolute Gasteiger partial charge is 0.481 e. The van der Waals surface area contributed by atoms with E-state index in [-0.39, 0.29) is 24.8 Å². The number of amides is 1. The summed E-state index contributed by atoms with van der Waals surface area (Å²) in [5.41, 5.74) is 0.972. The molecule has 1 atom stereocenters. The lowest BCUT2D eigenvalue weighted by molar-refractivity contribution is -0.179. The molecular weight excluding hydrogens is 310 g/mol. The number of carboxylic acid groups (broad SMARTS) is 1. The van der Waals surface area contributed by atoms with E-state index in [2.05, 4.69) is 0 Å². The van der Waals surface area contributed by atoms with E-state index in [9.17, 15) is 9.59 Å². The van der Waals surface area contributed by atoms with Crippen LogP contribution in [0.4, 0.5) is 0 Å². The number of benzene rings is 1. The molecule has 0 saturated carbocycles. The summed E-state index contributed by atoms with van der Waals surface area (Å²) in [6.07, 6.45) is -0.778. The zero-order chi connectivity index (χ0) is 17.9. The second-order valence-electron chi connectivity index (χ2n) is 5.42. The Morgan fingerprint density at radius 1 is 1.08 bits per heavy atom. The number of ether oxygens (including phenoxy) is 2. The minimum absolute atomic E-state index is 0.0442. The average Bonchev–Trinajstić information content (AvgIpc) is 2.57. The number of hydrogen-bond donors (Lipinski definition) is 1. The van der Waals surface area contributed by atoms with Gasteiger partial charge in [0.2, 0.25) is 5.91 Å². The molecule has 0 aromatic heterocycles. The van der Waals surface area contributed by atoms with Crippen molar-refractivity contribution in [3.8, 4) is 0 Å². The van der Waals surface area contributed by atoms with Crippen LogP contribution in [0, 0.1) is 0 Å². The molecule has 0 aliphatic carbocycles. The molecule has 6 nitrogen and oxygen atoms in total. The van der Waals surface area contributed by atoms with Gasteiger partial charge in [0, 0.05) is 26.2 Å². The van der Waals surface area contributed by atoms with Gasteiger partial charge in [-0.2, -0.15) is 0 Å². The van der Waals surface area contributed by atoms with E-state index >= 15 is 0 Å². The quantitative estimate of drug-likeness (QED) is 0.628. The zero-order valence-corrected chi connectivity index (χ0v) is 14.6. The molecule has 0 spiro atoms.